The number of halogens is 4. The summed E-state index contributed by atoms with van der Waals surface area (Å²) < 4.78 is 43.2. The minimum atomic E-state index is -4.41. The monoisotopic (exact) mass is 537 g/mol. The molecule has 3 aromatic rings. The molecular weight excluding hydrogens is 518 g/mol. The topological polar surface area (TPSA) is 75.3 Å². The summed E-state index contributed by atoms with van der Waals surface area (Å²) in [5.74, 6) is 1.04. The van der Waals surface area contributed by atoms with Gasteiger partial charge < -0.3 is 15.1 Å². The first kappa shape index (κ1) is 23.1. The van der Waals surface area contributed by atoms with Crippen molar-refractivity contribution in [2.75, 3.05) is 13.6 Å². The molecule has 0 atom stereocenters. The number of nitrogens with zero attached hydrogens (tertiary/aromatic N) is 3. The lowest BCUT2D eigenvalue weighted by Gasteiger charge is -2.10. The van der Waals surface area contributed by atoms with Gasteiger partial charge in [0.05, 0.1) is 17.2 Å². The van der Waals surface area contributed by atoms with Gasteiger partial charge >= 0.3 is 6.18 Å². The zero-order chi connectivity index (χ0) is 20.0. The first-order chi connectivity index (χ1) is 13.5. The summed E-state index contributed by atoms with van der Waals surface area (Å²) in [6, 6.07) is 9.55. The molecule has 29 heavy (non-hydrogen) atoms. The SMILES string of the molecule is CN=C(NCCc1nc(C(F)(F)F)cs1)NCc1coc(-c2ccccc2)n1.I. The number of aromatic nitrogens is 2. The van der Waals surface area contributed by atoms with E-state index in [0.29, 0.717) is 42.1 Å². The van der Waals surface area contributed by atoms with Gasteiger partial charge in [-0.15, -0.1) is 35.3 Å². The molecule has 0 fully saturated rings. The summed E-state index contributed by atoms with van der Waals surface area (Å²) >= 11 is 0.993. The van der Waals surface area contributed by atoms with Gasteiger partial charge in [-0.05, 0) is 12.1 Å². The molecule has 0 unspecified atom stereocenters. The predicted octanol–water partition coefficient (Wildman–Crippen LogP) is 4.34. The van der Waals surface area contributed by atoms with Crippen molar-refractivity contribution in [2.24, 2.45) is 4.99 Å². The highest BCUT2D eigenvalue weighted by atomic mass is 127. The molecule has 2 heterocycles. The highest BCUT2D eigenvalue weighted by molar-refractivity contribution is 14.0. The minimum absolute atomic E-state index is 0. The number of nitrogens with one attached hydrogen (secondary N) is 2. The number of alkyl halides is 3. The van der Waals surface area contributed by atoms with Crippen LogP contribution in [0, 0.1) is 0 Å². The van der Waals surface area contributed by atoms with Crippen LogP contribution in [0.15, 0.2) is 51.4 Å². The van der Waals surface area contributed by atoms with Gasteiger partial charge in [0.2, 0.25) is 5.89 Å². The first-order valence-electron chi connectivity index (χ1n) is 8.41. The van der Waals surface area contributed by atoms with Crippen LogP contribution in [0.3, 0.4) is 0 Å². The van der Waals surface area contributed by atoms with Crippen LogP contribution in [0.25, 0.3) is 11.5 Å². The van der Waals surface area contributed by atoms with E-state index in [9.17, 15) is 13.2 Å². The summed E-state index contributed by atoms with van der Waals surface area (Å²) in [6.07, 6.45) is -2.48. The van der Waals surface area contributed by atoms with E-state index in [4.69, 9.17) is 4.42 Å². The van der Waals surface area contributed by atoms with E-state index in [1.54, 1.807) is 13.3 Å². The molecule has 1 aromatic carbocycles. The van der Waals surface area contributed by atoms with Gasteiger partial charge in [-0.1, -0.05) is 18.2 Å². The average Bonchev–Trinajstić information content (AvgIpc) is 3.34. The maximum Gasteiger partial charge on any atom is 0.434 e. The largest absolute Gasteiger partial charge is 0.444 e. The van der Waals surface area contributed by atoms with Crippen LogP contribution < -0.4 is 10.6 Å². The quantitative estimate of drug-likeness (QED) is 0.278. The number of oxazole rings is 1. The van der Waals surface area contributed by atoms with Gasteiger partial charge in [0.25, 0.3) is 0 Å². The molecule has 0 aliphatic carbocycles. The standard InChI is InChI=1S/C18H18F3N5OS.HI/c1-22-17(23-8-7-15-26-14(11-28-15)18(19,20)21)24-9-13-10-27-16(25-13)12-5-3-2-4-6-12;/h2-6,10-11H,7-9H2,1H3,(H2,22,23,24);1H. The highest BCUT2D eigenvalue weighted by Gasteiger charge is 2.33. The first-order valence-corrected chi connectivity index (χ1v) is 9.29. The molecule has 0 saturated heterocycles. The maximum absolute atomic E-state index is 12.6. The second-order valence-electron chi connectivity index (χ2n) is 5.74. The van der Waals surface area contributed by atoms with Gasteiger partial charge in [-0.2, -0.15) is 13.2 Å². The third kappa shape index (κ3) is 6.70. The van der Waals surface area contributed by atoms with E-state index >= 15 is 0 Å². The Labute approximate surface area is 186 Å². The van der Waals surface area contributed by atoms with E-state index in [0.717, 1.165) is 22.3 Å². The van der Waals surface area contributed by atoms with E-state index in [-0.39, 0.29) is 24.0 Å². The molecule has 0 aliphatic heterocycles. The number of hydrogen-bond acceptors (Lipinski definition) is 5. The van der Waals surface area contributed by atoms with Crippen molar-refractivity contribution in [1.29, 1.82) is 0 Å². The number of rotatable bonds is 6. The van der Waals surface area contributed by atoms with Crippen LogP contribution >= 0.6 is 35.3 Å². The molecule has 11 heteroatoms. The predicted molar refractivity (Wildman–Crippen MR) is 116 cm³/mol. The summed E-state index contributed by atoms with van der Waals surface area (Å²) in [7, 11) is 1.61. The molecule has 0 saturated carbocycles. The van der Waals surface area contributed by atoms with Gasteiger partial charge in [-0.3, -0.25) is 4.99 Å². The lowest BCUT2D eigenvalue weighted by Crippen LogP contribution is -2.37. The van der Waals surface area contributed by atoms with Crippen LogP contribution in [-0.2, 0) is 19.1 Å². The number of thiazole rings is 1. The van der Waals surface area contributed by atoms with Gasteiger partial charge in [-0.25, -0.2) is 9.97 Å². The normalized spacial score (nSPS) is 11.8. The Kier molecular flexibility index (Phi) is 8.44. The summed E-state index contributed by atoms with van der Waals surface area (Å²) in [4.78, 5) is 12.1. The summed E-state index contributed by atoms with van der Waals surface area (Å²) in [6.45, 7) is 0.796. The molecule has 0 aliphatic rings. The number of benzene rings is 1. The van der Waals surface area contributed by atoms with Crippen LogP contribution in [0.5, 0.6) is 0 Å². The Balaban J connectivity index is 0.00000300. The fourth-order valence-electron chi connectivity index (χ4n) is 2.34. The van der Waals surface area contributed by atoms with Crippen molar-refractivity contribution >= 4 is 41.3 Å². The zero-order valence-corrected chi connectivity index (χ0v) is 18.5. The van der Waals surface area contributed by atoms with E-state index in [1.165, 1.54) is 0 Å². The molecule has 0 radical (unpaired) electrons. The smallest absolute Gasteiger partial charge is 0.434 e. The lowest BCUT2D eigenvalue weighted by molar-refractivity contribution is -0.140. The zero-order valence-electron chi connectivity index (χ0n) is 15.4. The molecule has 0 spiro atoms. The Hall–Kier alpha value is -2.15. The Bertz CT molecular complexity index is 927. The average molecular weight is 537 g/mol. The van der Waals surface area contributed by atoms with Crippen LogP contribution in [0.2, 0.25) is 0 Å². The lowest BCUT2D eigenvalue weighted by atomic mass is 10.2. The van der Waals surface area contributed by atoms with Crippen molar-refractivity contribution in [1.82, 2.24) is 20.6 Å². The Morgan fingerprint density at radius 3 is 2.59 bits per heavy atom. The molecule has 2 N–H and O–H groups in total. The number of guanidine groups is 1. The fourth-order valence-corrected chi connectivity index (χ4v) is 3.15. The molecule has 0 bridgehead atoms. The van der Waals surface area contributed by atoms with Crippen LogP contribution in [0.1, 0.15) is 16.4 Å². The number of hydrogen-bond donors (Lipinski definition) is 2. The third-order valence-electron chi connectivity index (χ3n) is 3.71. The highest BCUT2D eigenvalue weighted by Crippen LogP contribution is 2.30. The van der Waals surface area contributed by atoms with E-state index < -0.39 is 11.9 Å². The van der Waals surface area contributed by atoms with Crippen molar-refractivity contribution < 1.29 is 17.6 Å². The second-order valence-corrected chi connectivity index (χ2v) is 6.68. The molecule has 0 amide bonds. The third-order valence-corrected chi connectivity index (χ3v) is 4.62. The Morgan fingerprint density at radius 1 is 1.17 bits per heavy atom. The molecule has 3 rings (SSSR count). The molecule has 156 valence electrons. The van der Waals surface area contributed by atoms with Crippen molar-refractivity contribution in [2.45, 2.75) is 19.1 Å². The van der Waals surface area contributed by atoms with Gasteiger partial charge in [0.1, 0.15) is 6.26 Å². The molecular formula is C18H19F3IN5OS. The van der Waals surface area contributed by atoms with Crippen molar-refractivity contribution in [3.63, 3.8) is 0 Å². The maximum atomic E-state index is 12.6. The Morgan fingerprint density at radius 2 is 1.93 bits per heavy atom. The number of aliphatic imine (C=N–C) groups is 1. The summed E-state index contributed by atoms with van der Waals surface area (Å²) in [5, 5.41) is 7.57. The van der Waals surface area contributed by atoms with Gasteiger partial charge in [0.15, 0.2) is 11.7 Å². The molecule has 6 nitrogen and oxygen atoms in total. The summed E-state index contributed by atoms with van der Waals surface area (Å²) in [5.41, 5.74) is 0.740. The fraction of sp³-hybridized carbons (Fsp3) is 0.278. The van der Waals surface area contributed by atoms with Crippen molar-refractivity contribution in [3.05, 3.63) is 58.4 Å². The minimum Gasteiger partial charge on any atom is -0.444 e. The van der Waals surface area contributed by atoms with E-state index in [1.807, 2.05) is 30.3 Å². The van der Waals surface area contributed by atoms with E-state index in [2.05, 4.69) is 25.6 Å². The van der Waals surface area contributed by atoms with Crippen LogP contribution in [-0.4, -0.2) is 29.5 Å². The van der Waals surface area contributed by atoms with Gasteiger partial charge in [0, 0.05) is 31.0 Å². The second kappa shape index (κ2) is 10.6. The van der Waals surface area contributed by atoms with Crippen molar-refractivity contribution in [3.8, 4) is 11.5 Å². The van der Waals surface area contributed by atoms with Crippen LogP contribution in [0.4, 0.5) is 13.2 Å². The molecule has 2 aromatic heterocycles.